The van der Waals surface area contributed by atoms with E-state index in [1.807, 2.05) is 6.92 Å². The highest BCUT2D eigenvalue weighted by Gasteiger charge is 2.22. The molecule has 3 aromatic rings. The third-order valence-electron chi connectivity index (χ3n) is 4.38. The molecular weight excluding hydrogens is 324 g/mol. The summed E-state index contributed by atoms with van der Waals surface area (Å²) in [4.78, 5) is 19.1. The van der Waals surface area contributed by atoms with Gasteiger partial charge in [-0.15, -0.1) is 11.3 Å². The maximum absolute atomic E-state index is 5.18. The van der Waals surface area contributed by atoms with Crippen molar-refractivity contribution >= 4 is 27.4 Å². The Morgan fingerprint density at radius 3 is 2.79 bits per heavy atom. The van der Waals surface area contributed by atoms with E-state index in [0.29, 0.717) is 5.89 Å². The van der Waals surface area contributed by atoms with Gasteiger partial charge in [0, 0.05) is 32.6 Å². The number of aryl methyl sites for hydroxylation is 2. The number of thiophene rings is 1. The summed E-state index contributed by atoms with van der Waals surface area (Å²) in [6, 6.07) is 0. The first-order valence-corrected chi connectivity index (χ1v) is 9.10. The minimum atomic E-state index is 0.708. The van der Waals surface area contributed by atoms with E-state index in [1.54, 1.807) is 17.7 Å². The molecule has 24 heavy (non-hydrogen) atoms. The molecule has 0 aliphatic carbocycles. The van der Waals surface area contributed by atoms with Crippen molar-refractivity contribution in [1.29, 1.82) is 0 Å². The van der Waals surface area contributed by atoms with Gasteiger partial charge in [0.2, 0.25) is 5.89 Å². The number of hydrogen-bond donors (Lipinski definition) is 0. The van der Waals surface area contributed by atoms with Gasteiger partial charge in [0.05, 0.1) is 11.9 Å². The average Bonchev–Trinajstić information content (AvgIpc) is 3.22. The number of piperazine rings is 1. The molecule has 0 radical (unpaired) electrons. The lowest BCUT2D eigenvalue weighted by molar-refractivity contribution is 0.239. The molecule has 3 aromatic heterocycles. The first-order valence-electron chi connectivity index (χ1n) is 8.22. The van der Waals surface area contributed by atoms with Crippen molar-refractivity contribution in [2.75, 3.05) is 31.1 Å². The van der Waals surface area contributed by atoms with Crippen LogP contribution < -0.4 is 4.90 Å². The predicted octanol–water partition coefficient (Wildman–Crippen LogP) is 2.27. The molecule has 1 aliphatic rings. The lowest BCUT2D eigenvalue weighted by Crippen LogP contribution is -2.46. The number of hydrogen-bond acceptors (Lipinski definition) is 8. The second-order valence-corrected chi connectivity index (χ2v) is 6.88. The Morgan fingerprint density at radius 1 is 1.21 bits per heavy atom. The van der Waals surface area contributed by atoms with Gasteiger partial charge in [0.15, 0.2) is 5.82 Å². The van der Waals surface area contributed by atoms with E-state index in [-0.39, 0.29) is 0 Å². The summed E-state index contributed by atoms with van der Waals surface area (Å²) in [5, 5.41) is 7.39. The molecule has 0 amide bonds. The largest absolute Gasteiger partial charge is 0.353 e. The van der Waals surface area contributed by atoms with Crippen molar-refractivity contribution in [2.45, 2.75) is 26.8 Å². The number of aromatic nitrogens is 4. The van der Waals surface area contributed by atoms with Gasteiger partial charge < -0.3 is 9.42 Å². The Labute approximate surface area is 144 Å². The first-order chi connectivity index (χ1) is 11.7. The zero-order valence-electron chi connectivity index (χ0n) is 13.9. The molecule has 1 saturated heterocycles. The van der Waals surface area contributed by atoms with Gasteiger partial charge in [0.25, 0.3) is 0 Å². The second kappa shape index (κ2) is 6.45. The Hall–Kier alpha value is -2.06. The van der Waals surface area contributed by atoms with Crippen LogP contribution in [0.1, 0.15) is 24.2 Å². The van der Waals surface area contributed by atoms with Crippen LogP contribution in [-0.4, -0.2) is 51.2 Å². The fourth-order valence-corrected chi connectivity index (χ4v) is 3.94. The van der Waals surface area contributed by atoms with E-state index in [0.717, 1.165) is 55.6 Å². The number of rotatable bonds is 4. The molecule has 0 bridgehead atoms. The summed E-state index contributed by atoms with van der Waals surface area (Å²) in [7, 11) is 0. The monoisotopic (exact) mass is 344 g/mol. The van der Waals surface area contributed by atoms with Gasteiger partial charge in [-0.1, -0.05) is 12.1 Å². The van der Waals surface area contributed by atoms with E-state index in [9.17, 15) is 0 Å². The third-order valence-corrected chi connectivity index (χ3v) is 5.39. The molecule has 126 valence electrons. The molecule has 0 aromatic carbocycles. The van der Waals surface area contributed by atoms with Gasteiger partial charge >= 0.3 is 0 Å². The fourth-order valence-electron chi connectivity index (χ4n) is 3.05. The van der Waals surface area contributed by atoms with Crippen molar-refractivity contribution in [3.8, 4) is 0 Å². The highest BCUT2D eigenvalue weighted by atomic mass is 32.1. The van der Waals surface area contributed by atoms with Crippen LogP contribution in [-0.2, 0) is 13.0 Å². The minimum Gasteiger partial charge on any atom is -0.353 e. The summed E-state index contributed by atoms with van der Waals surface area (Å²) in [6.07, 6.45) is 2.45. The normalized spacial score (nSPS) is 16.2. The number of nitrogens with zero attached hydrogens (tertiary/aromatic N) is 6. The molecule has 4 rings (SSSR count). The highest BCUT2D eigenvalue weighted by Crippen LogP contribution is 2.31. The molecule has 0 unspecified atom stereocenters. The Kier molecular flexibility index (Phi) is 4.15. The number of anilines is 1. The van der Waals surface area contributed by atoms with Gasteiger partial charge in [-0.25, -0.2) is 9.97 Å². The quantitative estimate of drug-likeness (QED) is 0.719. The second-order valence-electron chi connectivity index (χ2n) is 6.02. The van der Waals surface area contributed by atoms with Crippen LogP contribution in [0.15, 0.2) is 16.2 Å². The lowest BCUT2D eigenvalue weighted by Gasteiger charge is -2.35. The third kappa shape index (κ3) is 2.87. The van der Waals surface area contributed by atoms with Crippen LogP contribution in [0, 0.1) is 6.92 Å². The summed E-state index contributed by atoms with van der Waals surface area (Å²) < 4.78 is 5.18. The van der Waals surface area contributed by atoms with Gasteiger partial charge in [-0.3, -0.25) is 4.90 Å². The van der Waals surface area contributed by atoms with Crippen LogP contribution in [0.5, 0.6) is 0 Å². The minimum absolute atomic E-state index is 0.708. The number of fused-ring (bicyclic) bond motifs is 1. The Bertz CT molecular complexity index is 836. The van der Waals surface area contributed by atoms with Gasteiger partial charge in [0.1, 0.15) is 17.0 Å². The van der Waals surface area contributed by atoms with E-state index < -0.39 is 0 Å². The van der Waals surface area contributed by atoms with Crippen molar-refractivity contribution in [3.63, 3.8) is 0 Å². The predicted molar refractivity (Wildman–Crippen MR) is 93.3 cm³/mol. The molecule has 1 fully saturated rings. The molecule has 0 saturated carbocycles. The molecule has 1 aliphatic heterocycles. The molecular formula is C16H20N6OS. The van der Waals surface area contributed by atoms with E-state index in [4.69, 9.17) is 4.52 Å². The molecule has 0 spiro atoms. The first kappa shape index (κ1) is 15.5. The zero-order valence-corrected chi connectivity index (χ0v) is 14.7. The van der Waals surface area contributed by atoms with Crippen LogP contribution in [0.25, 0.3) is 10.2 Å². The van der Waals surface area contributed by atoms with E-state index in [2.05, 4.69) is 42.2 Å². The molecule has 4 heterocycles. The van der Waals surface area contributed by atoms with E-state index in [1.165, 1.54) is 10.9 Å². The van der Waals surface area contributed by atoms with Crippen molar-refractivity contribution in [1.82, 2.24) is 25.0 Å². The fraction of sp³-hybridized carbons (Fsp3) is 0.500. The van der Waals surface area contributed by atoms with Crippen LogP contribution in [0.4, 0.5) is 5.82 Å². The van der Waals surface area contributed by atoms with Crippen molar-refractivity contribution < 1.29 is 4.52 Å². The maximum Gasteiger partial charge on any atom is 0.226 e. The van der Waals surface area contributed by atoms with Crippen LogP contribution >= 0.6 is 11.3 Å². The average molecular weight is 344 g/mol. The van der Waals surface area contributed by atoms with Gasteiger partial charge in [-0.2, -0.15) is 4.98 Å². The lowest BCUT2D eigenvalue weighted by atomic mass is 10.2. The van der Waals surface area contributed by atoms with E-state index >= 15 is 0 Å². The zero-order chi connectivity index (χ0) is 16.5. The van der Waals surface area contributed by atoms with Crippen LogP contribution in [0.2, 0.25) is 0 Å². The maximum atomic E-state index is 5.18. The van der Waals surface area contributed by atoms with Crippen molar-refractivity contribution in [3.05, 3.63) is 29.0 Å². The Balaban J connectivity index is 1.44. The smallest absolute Gasteiger partial charge is 0.226 e. The summed E-state index contributed by atoms with van der Waals surface area (Å²) in [6.45, 7) is 8.71. The molecule has 0 N–H and O–H groups in total. The Morgan fingerprint density at radius 2 is 2.04 bits per heavy atom. The molecule has 8 heteroatoms. The van der Waals surface area contributed by atoms with Crippen molar-refractivity contribution in [2.24, 2.45) is 0 Å². The topological polar surface area (TPSA) is 71.2 Å². The SMILES string of the molecule is CCc1nc(CN2CCN(c3ncnc4scc(C)c34)CC2)no1. The summed E-state index contributed by atoms with van der Waals surface area (Å²) >= 11 is 1.68. The molecule has 7 nitrogen and oxygen atoms in total. The van der Waals surface area contributed by atoms with Crippen LogP contribution in [0.3, 0.4) is 0 Å². The molecule has 0 atom stereocenters. The standard InChI is InChI=1S/C16H20N6OS/c1-3-13-19-12(20-23-13)8-21-4-6-22(7-5-21)15-14-11(2)9-24-16(14)18-10-17-15/h9-10H,3-8H2,1-2H3. The van der Waals surface area contributed by atoms with Gasteiger partial charge in [-0.05, 0) is 17.9 Å². The highest BCUT2D eigenvalue weighted by molar-refractivity contribution is 7.17. The summed E-state index contributed by atoms with van der Waals surface area (Å²) in [5.74, 6) is 2.55. The summed E-state index contributed by atoms with van der Waals surface area (Å²) in [5.41, 5.74) is 1.26.